The van der Waals surface area contributed by atoms with Gasteiger partial charge < -0.3 is 20.2 Å². The minimum Gasteiger partial charge on any atom is -0.395 e. The molecule has 2 rings (SSSR count). The minimum absolute atomic E-state index is 0.0453. The van der Waals surface area contributed by atoms with Gasteiger partial charge in [-0.3, -0.25) is 0 Å². The lowest BCUT2D eigenvalue weighted by atomic mass is 10.2. The number of aliphatic hydroxyl groups excluding tert-OH is 1. The average Bonchev–Trinajstić information content (AvgIpc) is 2.96. The van der Waals surface area contributed by atoms with Crippen molar-refractivity contribution in [2.45, 2.75) is 19.4 Å². The molecule has 0 spiro atoms. The van der Waals surface area contributed by atoms with Crippen LogP contribution < -0.4 is 10.2 Å². The van der Waals surface area contributed by atoms with E-state index in [9.17, 15) is 4.79 Å². The Bertz CT molecular complexity index is 518. The van der Waals surface area contributed by atoms with Crippen molar-refractivity contribution in [1.82, 2.24) is 10.2 Å². The zero-order valence-electron chi connectivity index (χ0n) is 13.2. The van der Waals surface area contributed by atoms with Crippen LogP contribution in [0, 0.1) is 0 Å². The molecular formula is C17H25N3O2. The topological polar surface area (TPSA) is 55.8 Å². The number of amides is 2. The zero-order valence-corrected chi connectivity index (χ0v) is 13.2. The molecule has 2 amide bonds. The van der Waals surface area contributed by atoms with Crippen LogP contribution in [0.1, 0.15) is 12.5 Å². The zero-order chi connectivity index (χ0) is 15.9. The lowest BCUT2D eigenvalue weighted by molar-refractivity contribution is 0.183. The van der Waals surface area contributed by atoms with Gasteiger partial charge in [-0.2, -0.15) is 0 Å². The molecular weight excluding hydrogens is 278 g/mol. The molecule has 1 aliphatic rings. The second kappa shape index (κ2) is 7.84. The molecule has 1 aliphatic heterocycles. The van der Waals surface area contributed by atoms with Crippen molar-refractivity contribution < 1.29 is 9.90 Å². The van der Waals surface area contributed by atoms with Crippen LogP contribution in [0.2, 0.25) is 0 Å². The summed E-state index contributed by atoms with van der Waals surface area (Å²) in [5.74, 6) is 0. The molecule has 0 aromatic heterocycles. The third kappa shape index (κ3) is 3.80. The van der Waals surface area contributed by atoms with Gasteiger partial charge in [0.2, 0.25) is 0 Å². The second-order valence-electron chi connectivity index (χ2n) is 5.57. The third-order valence-electron chi connectivity index (χ3n) is 4.01. The molecule has 0 radical (unpaired) electrons. The van der Waals surface area contributed by atoms with Gasteiger partial charge in [-0.05, 0) is 25.0 Å². The highest BCUT2D eigenvalue weighted by atomic mass is 16.3. The van der Waals surface area contributed by atoms with E-state index in [2.05, 4.69) is 48.0 Å². The molecule has 5 nitrogen and oxygen atoms in total. The number of anilines is 1. The number of carbonyl (C=O) groups excluding carboxylic acids is 1. The molecule has 1 atom stereocenters. The molecule has 0 bridgehead atoms. The average molecular weight is 303 g/mol. The Balaban J connectivity index is 1.89. The summed E-state index contributed by atoms with van der Waals surface area (Å²) in [5, 5.41) is 12.0. The van der Waals surface area contributed by atoms with Crippen molar-refractivity contribution in [3.8, 4) is 0 Å². The molecule has 0 saturated heterocycles. The quantitative estimate of drug-likeness (QED) is 0.753. The molecule has 0 saturated carbocycles. The molecule has 1 aromatic rings. The lowest BCUT2D eigenvalue weighted by Crippen LogP contribution is -2.47. The van der Waals surface area contributed by atoms with Gasteiger partial charge >= 0.3 is 6.03 Å². The largest absolute Gasteiger partial charge is 0.395 e. The van der Waals surface area contributed by atoms with Crippen LogP contribution in [0.15, 0.2) is 36.9 Å². The van der Waals surface area contributed by atoms with Crippen molar-refractivity contribution in [3.05, 3.63) is 42.5 Å². The first-order chi connectivity index (χ1) is 10.7. The molecule has 0 aliphatic carbocycles. The summed E-state index contributed by atoms with van der Waals surface area (Å²) in [6.07, 6.45) is 2.72. The number of fused-ring (bicyclic) bond motifs is 1. The molecule has 22 heavy (non-hydrogen) atoms. The summed E-state index contributed by atoms with van der Waals surface area (Å²) in [6, 6.07) is 8.48. The number of para-hydroxylation sites is 1. The van der Waals surface area contributed by atoms with E-state index < -0.39 is 0 Å². The SMILES string of the molecule is C=CCN(CCO)C(=O)NCC(C)N1CCc2ccccc21. The fourth-order valence-corrected chi connectivity index (χ4v) is 2.83. The highest BCUT2D eigenvalue weighted by Crippen LogP contribution is 2.28. The van der Waals surface area contributed by atoms with Gasteiger partial charge in [-0.1, -0.05) is 24.3 Å². The van der Waals surface area contributed by atoms with Crippen molar-refractivity contribution in [1.29, 1.82) is 0 Å². The van der Waals surface area contributed by atoms with E-state index in [0.717, 1.165) is 13.0 Å². The van der Waals surface area contributed by atoms with Crippen LogP contribution in [-0.2, 0) is 6.42 Å². The van der Waals surface area contributed by atoms with Crippen molar-refractivity contribution in [3.63, 3.8) is 0 Å². The number of benzene rings is 1. The molecule has 5 heteroatoms. The van der Waals surface area contributed by atoms with E-state index in [4.69, 9.17) is 5.11 Å². The van der Waals surface area contributed by atoms with E-state index in [1.807, 2.05) is 0 Å². The number of nitrogens with one attached hydrogen (secondary N) is 1. The van der Waals surface area contributed by atoms with E-state index >= 15 is 0 Å². The highest BCUT2D eigenvalue weighted by Gasteiger charge is 2.23. The first-order valence-corrected chi connectivity index (χ1v) is 7.76. The number of carbonyl (C=O) groups is 1. The Labute approximate surface area is 132 Å². The Kier molecular flexibility index (Phi) is 5.83. The van der Waals surface area contributed by atoms with Crippen LogP contribution in [0.4, 0.5) is 10.5 Å². The number of hydrogen-bond acceptors (Lipinski definition) is 3. The van der Waals surface area contributed by atoms with Crippen LogP contribution in [0.25, 0.3) is 0 Å². The van der Waals surface area contributed by atoms with Crippen molar-refractivity contribution in [2.75, 3.05) is 37.7 Å². The van der Waals surface area contributed by atoms with Crippen molar-refractivity contribution >= 4 is 11.7 Å². The number of rotatable bonds is 7. The number of urea groups is 1. The van der Waals surface area contributed by atoms with Gasteiger partial charge in [0.1, 0.15) is 0 Å². The number of aliphatic hydroxyl groups is 1. The maximum atomic E-state index is 12.1. The molecule has 2 N–H and O–H groups in total. The summed E-state index contributed by atoms with van der Waals surface area (Å²) in [5.41, 5.74) is 2.64. The summed E-state index contributed by atoms with van der Waals surface area (Å²) in [4.78, 5) is 16.0. The smallest absolute Gasteiger partial charge is 0.317 e. The fraction of sp³-hybridized carbons (Fsp3) is 0.471. The Morgan fingerprint density at radius 1 is 1.55 bits per heavy atom. The monoisotopic (exact) mass is 303 g/mol. The predicted octanol–water partition coefficient (Wildman–Crippen LogP) is 1.63. The minimum atomic E-state index is -0.159. The lowest BCUT2D eigenvalue weighted by Gasteiger charge is -2.29. The molecule has 0 fully saturated rings. The molecule has 1 unspecified atom stereocenters. The van der Waals surface area contributed by atoms with E-state index in [1.54, 1.807) is 11.0 Å². The standard InChI is InChI=1S/C17H25N3O2/c1-3-9-19(11-12-21)17(22)18-13-14(2)20-10-8-15-6-4-5-7-16(15)20/h3-7,14,21H,1,8-13H2,2H3,(H,18,22). The first kappa shape index (κ1) is 16.4. The fourth-order valence-electron chi connectivity index (χ4n) is 2.83. The highest BCUT2D eigenvalue weighted by molar-refractivity contribution is 5.74. The molecule has 1 heterocycles. The Hall–Kier alpha value is -2.01. The summed E-state index contributed by atoms with van der Waals surface area (Å²) in [6.45, 7) is 8.03. The van der Waals surface area contributed by atoms with Crippen LogP contribution in [0.5, 0.6) is 0 Å². The molecule has 1 aromatic carbocycles. The Morgan fingerprint density at radius 2 is 2.32 bits per heavy atom. The second-order valence-corrected chi connectivity index (χ2v) is 5.57. The Morgan fingerprint density at radius 3 is 3.05 bits per heavy atom. The van der Waals surface area contributed by atoms with Crippen molar-refractivity contribution in [2.24, 2.45) is 0 Å². The van der Waals surface area contributed by atoms with Gasteiger partial charge in [0, 0.05) is 37.9 Å². The van der Waals surface area contributed by atoms with Gasteiger partial charge in [0.05, 0.1) is 6.61 Å². The summed E-state index contributed by atoms with van der Waals surface area (Å²) >= 11 is 0. The third-order valence-corrected chi connectivity index (χ3v) is 4.01. The summed E-state index contributed by atoms with van der Waals surface area (Å²) < 4.78 is 0. The van der Waals surface area contributed by atoms with E-state index in [-0.39, 0.29) is 18.7 Å². The van der Waals surface area contributed by atoms with Gasteiger partial charge in [-0.25, -0.2) is 4.79 Å². The summed E-state index contributed by atoms with van der Waals surface area (Å²) in [7, 11) is 0. The van der Waals surface area contributed by atoms with Crippen LogP contribution in [-0.4, -0.2) is 54.9 Å². The number of nitrogens with zero attached hydrogens (tertiary/aromatic N) is 2. The predicted molar refractivity (Wildman–Crippen MR) is 89.2 cm³/mol. The van der Waals surface area contributed by atoms with E-state index in [0.29, 0.717) is 19.6 Å². The van der Waals surface area contributed by atoms with Gasteiger partial charge in [-0.15, -0.1) is 6.58 Å². The van der Waals surface area contributed by atoms with Gasteiger partial charge in [0.25, 0.3) is 0 Å². The van der Waals surface area contributed by atoms with Crippen LogP contribution in [0.3, 0.4) is 0 Å². The maximum Gasteiger partial charge on any atom is 0.317 e. The normalized spacial score (nSPS) is 14.4. The first-order valence-electron chi connectivity index (χ1n) is 7.76. The molecule has 120 valence electrons. The van der Waals surface area contributed by atoms with Gasteiger partial charge in [0.15, 0.2) is 0 Å². The van der Waals surface area contributed by atoms with Crippen LogP contribution >= 0.6 is 0 Å². The maximum absolute atomic E-state index is 12.1. The van der Waals surface area contributed by atoms with E-state index in [1.165, 1.54) is 11.3 Å². The number of hydrogen-bond donors (Lipinski definition) is 2.